The number of benzene rings is 1. The molecule has 0 spiro atoms. The Hall–Kier alpha value is -0.630. The number of hydrogen-bond donors (Lipinski definition) is 2. The first-order chi connectivity index (χ1) is 4.75. The highest BCUT2D eigenvalue weighted by Crippen LogP contribution is 2.19. The molecule has 0 heterocycles. The summed E-state index contributed by atoms with van der Waals surface area (Å²) in [5, 5.41) is 0. The quantitative estimate of drug-likeness (QED) is 0.591. The Kier molecular flexibility index (Phi) is 2.22. The minimum atomic E-state index is 1.12. The molecule has 0 atom stereocenters. The lowest BCUT2D eigenvalue weighted by molar-refractivity contribution is 1.39. The number of thiol groups is 1. The van der Waals surface area contributed by atoms with Crippen molar-refractivity contribution in [2.24, 2.45) is 0 Å². The molecule has 1 rings (SSSR count). The second kappa shape index (κ2) is 2.97. The first kappa shape index (κ1) is 7.48. The van der Waals surface area contributed by atoms with Crippen molar-refractivity contribution in [3.63, 3.8) is 0 Å². The number of rotatable bonds is 1. The Morgan fingerprint density at radius 3 is 2.00 bits per heavy atom. The third kappa shape index (κ3) is 1.27. The highest BCUT2D eigenvalue weighted by Gasteiger charge is 1.96. The molecule has 2 heteroatoms. The highest BCUT2D eigenvalue weighted by atomic mass is 32.1. The van der Waals surface area contributed by atoms with Gasteiger partial charge < -0.3 is 4.72 Å². The minimum Gasteiger partial charge on any atom is -0.332 e. The van der Waals surface area contributed by atoms with Gasteiger partial charge in [0, 0.05) is 5.69 Å². The second-order valence-electron chi connectivity index (χ2n) is 2.38. The number of para-hydroxylation sites is 1. The Bertz CT molecular complexity index is 212. The van der Waals surface area contributed by atoms with Crippen LogP contribution < -0.4 is 4.72 Å². The van der Waals surface area contributed by atoms with Gasteiger partial charge in [-0.2, -0.15) is 0 Å². The summed E-state index contributed by atoms with van der Waals surface area (Å²) in [5.41, 5.74) is 3.58. The lowest BCUT2D eigenvalue weighted by Gasteiger charge is -2.06. The summed E-state index contributed by atoms with van der Waals surface area (Å²) in [6, 6.07) is 6.16. The lowest BCUT2D eigenvalue weighted by Crippen LogP contribution is -1.88. The maximum absolute atomic E-state index is 4.00. The Morgan fingerprint density at radius 2 is 1.70 bits per heavy atom. The monoisotopic (exact) mass is 153 g/mol. The predicted molar refractivity (Wildman–Crippen MR) is 48.5 cm³/mol. The number of hydrogen-bond acceptors (Lipinski definition) is 2. The van der Waals surface area contributed by atoms with Gasteiger partial charge in [-0.05, 0) is 25.0 Å². The van der Waals surface area contributed by atoms with E-state index in [-0.39, 0.29) is 0 Å². The van der Waals surface area contributed by atoms with Crippen LogP contribution in [0.4, 0.5) is 5.69 Å². The molecule has 0 bridgehead atoms. The van der Waals surface area contributed by atoms with E-state index in [9.17, 15) is 0 Å². The molecule has 1 aromatic rings. The van der Waals surface area contributed by atoms with Gasteiger partial charge in [-0.15, -0.1) is 0 Å². The molecule has 0 saturated carbocycles. The van der Waals surface area contributed by atoms with Gasteiger partial charge in [0.05, 0.1) is 0 Å². The normalized spacial score (nSPS) is 9.50. The lowest BCUT2D eigenvalue weighted by atomic mass is 10.1. The first-order valence-electron chi connectivity index (χ1n) is 3.22. The van der Waals surface area contributed by atoms with E-state index in [1.807, 2.05) is 6.07 Å². The fourth-order valence-corrected chi connectivity index (χ4v) is 1.34. The van der Waals surface area contributed by atoms with Crippen LogP contribution in [0.5, 0.6) is 0 Å². The Morgan fingerprint density at radius 1 is 1.20 bits per heavy atom. The number of anilines is 1. The molecular weight excluding hydrogens is 142 g/mol. The molecule has 0 aliphatic rings. The highest BCUT2D eigenvalue weighted by molar-refractivity contribution is 7.81. The zero-order valence-corrected chi connectivity index (χ0v) is 7.07. The van der Waals surface area contributed by atoms with Gasteiger partial charge in [0.1, 0.15) is 0 Å². The fraction of sp³-hybridized carbons (Fsp3) is 0.250. The molecule has 0 aliphatic carbocycles. The SMILES string of the molecule is Cc1cccc(C)c1NS. The van der Waals surface area contributed by atoms with Crippen LogP contribution >= 0.6 is 12.8 Å². The summed E-state index contributed by atoms with van der Waals surface area (Å²) in [7, 11) is 0. The smallest absolute Gasteiger partial charge is 0.0496 e. The van der Waals surface area contributed by atoms with E-state index in [1.54, 1.807) is 0 Å². The Balaban J connectivity index is 3.17. The maximum Gasteiger partial charge on any atom is 0.0496 e. The van der Waals surface area contributed by atoms with Crippen LogP contribution in [0.2, 0.25) is 0 Å². The van der Waals surface area contributed by atoms with Crippen molar-refractivity contribution in [1.82, 2.24) is 0 Å². The molecule has 1 N–H and O–H groups in total. The van der Waals surface area contributed by atoms with E-state index < -0.39 is 0 Å². The van der Waals surface area contributed by atoms with E-state index in [0.717, 1.165) is 5.69 Å². The largest absolute Gasteiger partial charge is 0.332 e. The average Bonchev–Trinajstić information content (AvgIpc) is 1.88. The molecule has 1 aromatic carbocycles. The fourth-order valence-electron chi connectivity index (χ4n) is 0.991. The van der Waals surface area contributed by atoms with Gasteiger partial charge in [-0.3, -0.25) is 0 Å². The summed E-state index contributed by atoms with van der Waals surface area (Å²) in [5.74, 6) is 0. The molecular formula is C8H11NS. The Labute approximate surface area is 67.0 Å². The molecule has 54 valence electrons. The van der Waals surface area contributed by atoms with Crippen molar-refractivity contribution in [1.29, 1.82) is 0 Å². The van der Waals surface area contributed by atoms with Gasteiger partial charge in [-0.1, -0.05) is 31.0 Å². The van der Waals surface area contributed by atoms with E-state index >= 15 is 0 Å². The molecule has 0 fully saturated rings. The number of aryl methyl sites for hydroxylation is 2. The zero-order valence-electron chi connectivity index (χ0n) is 6.18. The van der Waals surface area contributed by atoms with E-state index in [2.05, 4.69) is 43.5 Å². The molecule has 1 nitrogen and oxygen atoms in total. The van der Waals surface area contributed by atoms with Crippen molar-refractivity contribution >= 4 is 18.5 Å². The van der Waals surface area contributed by atoms with Crippen LogP contribution in [-0.2, 0) is 0 Å². The third-order valence-corrected chi connectivity index (χ3v) is 1.82. The van der Waals surface area contributed by atoms with Gasteiger partial charge in [-0.25, -0.2) is 0 Å². The molecule has 0 radical (unpaired) electrons. The molecule has 0 unspecified atom stereocenters. The molecule has 10 heavy (non-hydrogen) atoms. The molecule has 0 amide bonds. The second-order valence-corrected chi connectivity index (χ2v) is 2.60. The predicted octanol–water partition coefficient (Wildman–Crippen LogP) is 2.56. The standard InChI is InChI=1S/C8H11NS/c1-6-4-3-5-7(2)8(6)9-10/h3-5,9-10H,1-2H3. The molecule has 0 saturated heterocycles. The zero-order chi connectivity index (χ0) is 7.56. The van der Waals surface area contributed by atoms with Crippen LogP contribution in [0.15, 0.2) is 18.2 Å². The third-order valence-electron chi connectivity index (χ3n) is 1.59. The van der Waals surface area contributed by atoms with Crippen molar-refractivity contribution in [2.75, 3.05) is 4.72 Å². The van der Waals surface area contributed by atoms with Crippen LogP contribution in [0.1, 0.15) is 11.1 Å². The summed E-state index contributed by atoms with van der Waals surface area (Å²) >= 11 is 4.00. The van der Waals surface area contributed by atoms with Gasteiger partial charge in [0.15, 0.2) is 0 Å². The number of nitrogens with one attached hydrogen (secondary N) is 1. The molecule has 0 aliphatic heterocycles. The van der Waals surface area contributed by atoms with Crippen molar-refractivity contribution in [3.05, 3.63) is 29.3 Å². The summed E-state index contributed by atoms with van der Waals surface area (Å²) in [6.07, 6.45) is 0. The summed E-state index contributed by atoms with van der Waals surface area (Å²) in [6.45, 7) is 4.12. The van der Waals surface area contributed by atoms with Crippen LogP contribution in [0.25, 0.3) is 0 Å². The van der Waals surface area contributed by atoms with Gasteiger partial charge in [0.25, 0.3) is 0 Å². The average molecular weight is 153 g/mol. The first-order valence-corrected chi connectivity index (χ1v) is 3.66. The van der Waals surface area contributed by atoms with E-state index in [1.165, 1.54) is 11.1 Å². The topological polar surface area (TPSA) is 12.0 Å². The van der Waals surface area contributed by atoms with Gasteiger partial charge >= 0.3 is 0 Å². The van der Waals surface area contributed by atoms with E-state index in [0.29, 0.717) is 0 Å². The van der Waals surface area contributed by atoms with E-state index in [4.69, 9.17) is 0 Å². The van der Waals surface area contributed by atoms with Crippen molar-refractivity contribution < 1.29 is 0 Å². The van der Waals surface area contributed by atoms with Crippen molar-refractivity contribution in [3.8, 4) is 0 Å². The van der Waals surface area contributed by atoms with Crippen LogP contribution in [-0.4, -0.2) is 0 Å². The summed E-state index contributed by atoms with van der Waals surface area (Å²) < 4.78 is 2.86. The van der Waals surface area contributed by atoms with Crippen LogP contribution in [0, 0.1) is 13.8 Å². The maximum atomic E-state index is 4.00. The van der Waals surface area contributed by atoms with Gasteiger partial charge in [0.2, 0.25) is 0 Å². The minimum absolute atomic E-state index is 1.12. The molecule has 0 aromatic heterocycles. The van der Waals surface area contributed by atoms with Crippen LogP contribution in [0.3, 0.4) is 0 Å². The van der Waals surface area contributed by atoms with Crippen molar-refractivity contribution in [2.45, 2.75) is 13.8 Å². The summed E-state index contributed by atoms with van der Waals surface area (Å²) in [4.78, 5) is 0.